The number of hydrogen-bond donors (Lipinski definition) is 2. The lowest BCUT2D eigenvalue weighted by Gasteiger charge is -2.07. The van der Waals surface area contributed by atoms with Gasteiger partial charge in [-0.2, -0.15) is 5.10 Å². The quantitative estimate of drug-likeness (QED) is 0.285. The van der Waals surface area contributed by atoms with Crippen LogP contribution in [0.3, 0.4) is 0 Å². The maximum absolute atomic E-state index is 11.8. The molecule has 0 spiro atoms. The molecule has 0 radical (unpaired) electrons. The molecule has 0 aliphatic rings. The number of ether oxygens (including phenoxy) is 1. The number of amides is 1. The molecule has 1 amide bonds. The minimum absolute atomic E-state index is 0.0477. The van der Waals surface area contributed by atoms with Gasteiger partial charge in [-0.25, -0.2) is 5.43 Å². The van der Waals surface area contributed by atoms with Gasteiger partial charge in [-0.15, -0.1) is 0 Å². The number of carbonyl (C=O) groups is 1. The van der Waals surface area contributed by atoms with Gasteiger partial charge < -0.3 is 9.84 Å². The normalized spacial score (nSPS) is 10.9. The summed E-state index contributed by atoms with van der Waals surface area (Å²) in [4.78, 5) is 11.8. The number of nitrogens with zero attached hydrogens (tertiary/aromatic N) is 1. The Hall–Kier alpha value is -1.86. The lowest BCUT2D eigenvalue weighted by Crippen LogP contribution is -2.24. The van der Waals surface area contributed by atoms with E-state index in [9.17, 15) is 9.90 Å². The molecule has 2 aromatic carbocycles. The van der Waals surface area contributed by atoms with Gasteiger partial charge in [0.25, 0.3) is 5.91 Å². The summed E-state index contributed by atoms with van der Waals surface area (Å²) in [6.07, 6.45) is 6.04. The third kappa shape index (κ3) is 7.34. The molecule has 0 aliphatic heterocycles. The molecule has 0 aromatic heterocycles. The lowest BCUT2D eigenvalue weighted by molar-refractivity contribution is -0.123. The summed E-state index contributed by atoms with van der Waals surface area (Å²) in [6.45, 7) is 2.05. The predicted octanol–water partition coefficient (Wildman–Crippen LogP) is 5.18. The van der Waals surface area contributed by atoms with Gasteiger partial charge >= 0.3 is 0 Å². The van der Waals surface area contributed by atoms with Gasteiger partial charge in [0.2, 0.25) is 0 Å². The number of phenols is 1. The van der Waals surface area contributed by atoms with Crippen LogP contribution in [0.2, 0.25) is 0 Å². The molecule has 2 aromatic rings. The Kier molecular flexibility index (Phi) is 8.81. The molecule has 0 atom stereocenters. The third-order valence-electron chi connectivity index (χ3n) is 3.81. The smallest absolute Gasteiger partial charge is 0.277 e. The fraction of sp³-hybridized carbons (Fsp3) is 0.300. The molecule has 0 saturated carbocycles. The van der Waals surface area contributed by atoms with Gasteiger partial charge in [-0.05, 0) is 58.6 Å². The average molecular weight is 498 g/mol. The number of carbonyl (C=O) groups excluding carboxylic acids is 1. The first-order chi connectivity index (χ1) is 13.0. The molecule has 0 bridgehead atoms. The van der Waals surface area contributed by atoms with Crippen molar-refractivity contribution in [1.82, 2.24) is 5.43 Å². The Labute approximate surface area is 176 Å². The zero-order chi connectivity index (χ0) is 19.6. The van der Waals surface area contributed by atoms with E-state index in [2.05, 4.69) is 49.3 Å². The van der Waals surface area contributed by atoms with E-state index in [1.54, 1.807) is 12.1 Å². The van der Waals surface area contributed by atoms with Crippen molar-refractivity contribution in [1.29, 1.82) is 0 Å². The number of unbranched alkanes of at least 4 members (excludes halogenated alkanes) is 2. The van der Waals surface area contributed by atoms with Crippen molar-refractivity contribution in [2.45, 2.75) is 32.6 Å². The second-order valence-electron chi connectivity index (χ2n) is 6.01. The minimum atomic E-state index is -0.383. The topological polar surface area (TPSA) is 70.9 Å². The van der Waals surface area contributed by atoms with Crippen LogP contribution in [0.4, 0.5) is 0 Å². The van der Waals surface area contributed by atoms with Crippen molar-refractivity contribution < 1.29 is 14.6 Å². The van der Waals surface area contributed by atoms with Crippen molar-refractivity contribution in [2.75, 3.05) is 6.61 Å². The molecule has 2 rings (SSSR count). The number of aryl methyl sites for hydroxylation is 1. The standard InChI is InChI=1S/C20H22Br2N2O3/c1-2-3-4-5-14-6-8-17(9-7-14)27-13-19(25)24-23-12-15-10-16(21)11-18(22)20(15)26/h6-12,26H,2-5,13H2,1H3,(H,24,25). The van der Waals surface area contributed by atoms with Gasteiger partial charge in [0.1, 0.15) is 11.5 Å². The Balaban J connectivity index is 1.79. The zero-order valence-electron chi connectivity index (χ0n) is 15.0. The SMILES string of the molecule is CCCCCc1ccc(OCC(=O)NN=Cc2cc(Br)cc(Br)c2O)cc1. The van der Waals surface area contributed by atoms with E-state index in [4.69, 9.17) is 4.74 Å². The van der Waals surface area contributed by atoms with Crippen molar-refractivity contribution >= 4 is 44.0 Å². The highest BCUT2D eigenvalue weighted by molar-refractivity contribution is 9.11. The predicted molar refractivity (Wildman–Crippen MR) is 114 cm³/mol. The minimum Gasteiger partial charge on any atom is -0.506 e. The summed E-state index contributed by atoms with van der Waals surface area (Å²) < 4.78 is 6.78. The van der Waals surface area contributed by atoms with Crippen molar-refractivity contribution in [3.63, 3.8) is 0 Å². The molecule has 27 heavy (non-hydrogen) atoms. The number of phenolic OH excluding ortho intramolecular Hbond substituents is 1. The molecule has 2 N–H and O–H groups in total. The lowest BCUT2D eigenvalue weighted by atomic mass is 10.1. The van der Waals surface area contributed by atoms with E-state index < -0.39 is 0 Å². The highest BCUT2D eigenvalue weighted by atomic mass is 79.9. The largest absolute Gasteiger partial charge is 0.506 e. The third-order valence-corrected chi connectivity index (χ3v) is 4.88. The Morgan fingerprint density at radius 2 is 1.96 bits per heavy atom. The number of halogens is 2. The first-order valence-corrected chi connectivity index (χ1v) is 10.3. The van der Waals surface area contributed by atoms with Crippen LogP contribution in [0.1, 0.15) is 37.3 Å². The fourth-order valence-corrected chi connectivity index (χ4v) is 3.63. The summed E-state index contributed by atoms with van der Waals surface area (Å²) in [5, 5.41) is 13.8. The van der Waals surface area contributed by atoms with E-state index in [1.807, 2.05) is 24.3 Å². The van der Waals surface area contributed by atoms with Crippen molar-refractivity contribution in [3.8, 4) is 11.5 Å². The molecule has 0 fully saturated rings. The number of benzene rings is 2. The number of nitrogens with one attached hydrogen (secondary N) is 1. The van der Waals surface area contributed by atoms with Crippen LogP contribution in [0, 0.1) is 0 Å². The van der Waals surface area contributed by atoms with Crippen LogP contribution in [-0.2, 0) is 11.2 Å². The zero-order valence-corrected chi connectivity index (χ0v) is 18.2. The van der Waals surface area contributed by atoms with E-state index >= 15 is 0 Å². The van der Waals surface area contributed by atoms with E-state index in [0.717, 1.165) is 10.9 Å². The van der Waals surface area contributed by atoms with Crippen LogP contribution < -0.4 is 10.2 Å². The molecule has 7 heteroatoms. The van der Waals surface area contributed by atoms with E-state index in [-0.39, 0.29) is 18.3 Å². The summed E-state index contributed by atoms with van der Waals surface area (Å²) >= 11 is 6.57. The molecule has 0 saturated heterocycles. The van der Waals surface area contributed by atoms with Crippen LogP contribution in [0.5, 0.6) is 11.5 Å². The number of hydrazone groups is 1. The Bertz CT molecular complexity index is 793. The first-order valence-electron chi connectivity index (χ1n) is 8.71. The van der Waals surface area contributed by atoms with Crippen LogP contribution >= 0.6 is 31.9 Å². The van der Waals surface area contributed by atoms with Gasteiger partial charge in [-0.3, -0.25) is 4.79 Å². The number of aromatic hydroxyl groups is 1. The van der Waals surface area contributed by atoms with Crippen LogP contribution in [0.15, 0.2) is 50.4 Å². The highest BCUT2D eigenvalue weighted by Crippen LogP contribution is 2.30. The van der Waals surface area contributed by atoms with Crippen molar-refractivity contribution in [3.05, 3.63) is 56.5 Å². The van der Waals surface area contributed by atoms with Gasteiger partial charge in [0.05, 0.1) is 10.7 Å². The first kappa shape index (κ1) is 21.4. The highest BCUT2D eigenvalue weighted by Gasteiger charge is 2.06. The van der Waals surface area contributed by atoms with Gasteiger partial charge in [0, 0.05) is 10.0 Å². The molecule has 5 nitrogen and oxygen atoms in total. The maximum Gasteiger partial charge on any atom is 0.277 e. The summed E-state index contributed by atoms with van der Waals surface area (Å²) in [7, 11) is 0. The fourth-order valence-electron chi connectivity index (χ4n) is 2.37. The van der Waals surface area contributed by atoms with E-state index in [1.165, 1.54) is 31.0 Å². The molecule has 0 heterocycles. The molecular formula is C20H22Br2N2O3. The summed E-state index contributed by atoms with van der Waals surface area (Å²) in [5.74, 6) is 0.306. The van der Waals surface area contributed by atoms with Crippen LogP contribution in [-0.4, -0.2) is 23.8 Å². The second-order valence-corrected chi connectivity index (χ2v) is 7.78. The average Bonchev–Trinajstić information content (AvgIpc) is 2.65. The Morgan fingerprint density at radius 3 is 2.67 bits per heavy atom. The van der Waals surface area contributed by atoms with Crippen molar-refractivity contribution in [2.24, 2.45) is 5.10 Å². The number of hydrogen-bond acceptors (Lipinski definition) is 4. The number of rotatable bonds is 9. The summed E-state index contributed by atoms with van der Waals surface area (Å²) in [6, 6.07) is 11.2. The molecule has 0 unspecified atom stereocenters. The monoisotopic (exact) mass is 496 g/mol. The molecular weight excluding hydrogens is 476 g/mol. The molecule has 0 aliphatic carbocycles. The van der Waals surface area contributed by atoms with E-state index in [0.29, 0.717) is 15.8 Å². The van der Waals surface area contributed by atoms with Crippen LogP contribution in [0.25, 0.3) is 0 Å². The van der Waals surface area contributed by atoms with Gasteiger partial charge in [0.15, 0.2) is 6.61 Å². The maximum atomic E-state index is 11.8. The Morgan fingerprint density at radius 1 is 1.22 bits per heavy atom. The molecule has 144 valence electrons. The second kappa shape index (κ2) is 11.1. The summed E-state index contributed by atoms with van der Waals surface area (Å²) in [5.41, 5.74) is 4.11. The van der Waals surface area contributed by atoms with Gasteiger partial charge in [-0.1, -0.05) is 47.8 Å².